The molecule has 8 nitrogen and oxygen atoms in total. The van der Waals surface area contributed by atoms with E-state index in [9.17, 15) is 14.7 Å². The Balaban J connectivity index is 1.62. The number of benzene rings is 2. The maximum atomic E-state index is 13.3. The normalized spacial score (nSPS) is 18.4. The molecule has 0 bridgehead atoms. The molecule has 3 aromatic rings. The highest BCUT2D eigenvalue weighted by molar-refractivity contribution is 6.46. The SMILES string of the molecule is CCCOc1cccc([C@@H]2/C(=C(\O)c3ccc4c(c3)OCCO4)C(=O)C(=O)N2Cc2cccnc2)c1. The molecule has 1 atom stereocenters. The lowest BCUT2D eigenvalue weighted by atomic mass is 9.95. The third-order valence-electron chi connectivity index (χ3n) is 6.08. The molecule has 1 saturated heterocycles. The lowest BCUT2D eigenvalue weighted by Gasteiger charge is -2.26. The van der Waals surface area contributed by atoms with Gasteiger partial charge in [-0.3, -0.25) is 14.6 Å². The largest absolute Gasteiger partial charge is 0.507 e. The molecule has 184 valence electrons. The van der Waals surface area contributed by atoms with E-state index in [-0.39, 0.29) is 17.9 Å². The van der Waals surface area contributed by atoms with Crippen LogP contribution in [-0.4, -0.2) is 46.5 Å². The van der Waals surface area contributed by atoms with Crippen molar-refractivity contribution in [2.45, 2.75) is 25.9 Å². The molecule has 1 N–H and O–H groups in total. The molecule has 0 saturated carbocycles. The van der Waals surface area contributed by atoms with Crippen molar-refractivity contribution in [2.24, 2.45) is 0 Å². The maximum absolute atomic E-state index is 13.3. The first-order chi connectivity index (χ1) is 17.6. The zero-order valence-corrected chi connectivity index (χ0v) is 19.8. The minimum absolute atomic E-state index is 0.00760. The molecule has 2 aliphatic rings. The van der Waals surface area contributed by atoms with E-state index in [4.69, 9.17) is 14.2 Å². The first kappa shape index (κ1) is 23.4. The number of Topliss-reactive ketones (excluding diaryl/α,β-unsaturated/α-hetero) is 1. The fraction of sp³-hybridized carbons (Fsp3) is 0.250. The highest BCUT2D eigenvalue weighted by Gasteiger charge is 2.46. The van der Waals surface area contributed by atoms with Crippen molar-refractivity contribution < 1.29 is 28.9 Å². The van der Waals surface area contributed by atoms with Crippen LogP contribution in [0.5, 0.6) is 17.2 Å². The number of hydrogen-bond acceptors (Lipinski definition) is 7. The van der Waals surface area contributed by atoms with Crippen LogP contribution in [-0.2, 0) is 16.1 Å². The number of ketones is 1. The first-order valence-corrected chi connectivity index (χ1v) is 11.9. The topological polar surface area (TPSA) is 98.2 Å². The average molecular weight is 487 g/mol. The van der Waals surface area contributed by atoms with E-state index in [1.807, 2.05) is 31.2 Å². The number of ether oxygens (including phenoxy) is 3. The molecule has 5 rings (SSSR count). The van der Waals surface area contributed by atoms with Crippen LogP contribution in [0.2, 0.25) is 0 Å². The highest BCUT2D eigenvalue weighted by atomic mass is 16.6. The van der Waals surface area contributed by atoms with Crippen LogP contribution in [0.3, 0.4) is 0 Å². The van der Waals surface area contributed by atoms with Gasteiger partial charge in [-0.25, -0.2) is 0 Å². The zero-order valence-electron chi connectivity index (χ0n) is 19.8. The fourth-order valence-corrected chi connectivity index (χ4v) is 4.42. The number of carbonyl (C=O) groups excluding carboxylic acids is 2. The lowest BCUT2D eigenvalue weighted by Crippen LogP contribution is -2.29. The van der Waals surface area contributed by atoms with Gasteiger partial charge < -0.3 is 24.2 Å². The van der Waals surface area contributed by atoms with Gasteiger partial charge in [0.15, 0.2) is 11.5 Å². The predicted molar refractivity (Wildman–Crippen MR) is 132 cm³/mol. The molecule has 0 unspecified atom stereocenters. The summed E-state index contributed by atoms with van der Waals surface area (Å²) in [5.74, 6) is -0.0583. The molecule has 0 radical (unpaired) electrons. The second-order valence-electron chi connectivity index (χ2n) is 8.57. The molecule has 1 amide bonds. The second-order valence-corrected chi connectivity index (χ2v) is 8.57. The number of nitrogens with zero attached hydrogens (tertiary/aromatic N) is 2. The van der Waals surface area contributed by atoms with Gasteiger partial charge in [-0.15, -0.1) is 0 Å². The summed E-state index contributed by atoms with van der Waals surface area (Å²) in [5.41, 5.74) is 1.79. The van der Waals surface area contributed by atoms with Crippen molar-refractivity contribution in [2.75, 3.05) is 19.8 Å². The Hall–Kier alpha value is -4.33. The van der Waals surface area contributed by atoms with Crippen molar-refractivity contribution in [1.29, 1.82) is 0 Å². The Morgan fingerprint density at radius 2 is 1.92 bits per heavy atom. The summed E-state index contributed by atoms with van der Waals surface area (Å²) in [4.78, 5) is 32.2. The number of amides is 1. The van der Waals surface area contributed by atoms with Gasteiger partial charge in [0, 0.05) is 24.5 Å². The second kappa shape index (κ2) is 10.1. The fourth-order valence-electron chi connectivity index (χ4n) is 4.42. The molecule has 2 aromatic carbocycles. The monoisotopic (exact) mass is 486 g/mol. The van der Waals surface area contributed by atoms with Gasteiger partial charge in [0.2, 0.25) is 0 Å². The number of likely N-dealkylation sites (tertiary alicyclic amines) is 1. The van der Waals surface area contributed by atoms with E-state index >= 15 is 0 Å². The summed E-state index contributed by atoms with van der Waals surface area (Å²) in [6, 6.07) is 15.0. The Morgan fingerprint density at radius 1 is 1.08 bits per heavy atom. The zero-order chi connectivity index (χ0) is 25.1. The molecule has 0 spiro atoms. The van der Waals surface area contributed by atoms with Crippen LogP contribution in [0, 0.1) is 0 Å². The predicted octanol–water partition coefficient (Wildman–Crippen LogP) is 4.26. The lowest BCUT2D eigenvalue weighted by molar-refractivity contribution is -0.140. The summed E-state index contributed by atoms with van der Waals surface area (Å²) >= 11 is 0. The van der Waals surface area contributed by atoms with E-state index in [1.54, 1.807) is 42.7 Å². The number of pyridine rings is 1. The molecule has 1 aromatic heterocycles. The maximum Gasteiger partial charge on any atom is 0.295 e. The minimum Gasteiger partial charge on any atom is -0.507 e. The number of hydrogen-bond donors (Lipinski definition) is 1. The minimum atomic E-state index is -0.816. The van der Waals surface area contributed by atoms with Crippen LogP contribution < -0.4 is 14.2 Å². The average Bonchev–Trinajstić information content (AvgIpc) is 3.17. The molecule has 1 fully saturated rings. The van der Waals surface area contributed by atoms with Gasteiger partial charge in [-0.1, -0.05) is 25.1 Å². The Morgan fingerprint density at radius 3 is 2.69 bits per heavy atom. The third kappa shape index (κ3) is 4.49. The van der Waals surface area contributed by atoms with Crippen molar-refractivity contribution in [3.8, 4) is 17.2 Å². The third-order valence-corrected chi connectivity index (χ3v) is 6.08. The summed E-state index contributed by atoms with van der Waals surface area (Å²) in [6.45, 7) is 3.53. The molecule has 3 heterocycles. The van der Waals surface area contributed by atoms with Crippen molar-refractivity contribution >= 4 is 17.4 Å². The number of aliphatic hydroxyl groups excluding tert-OH is 1. The van der Waals surface area contributed by atoms with Crippen molar-refractivity contribution in [3.63, 3.8) is 0 Å². The van der Waals surface area contributed by atoms with Crippen LogP contribution in [0.15, 0.2) is 72.6 Å². The molecule has 36 heavy (non-hydrogen) atoms. The van der Waals surface area contributed by atoms with E-state index in [1.165, 1.54) is 4.90 Å². The van der Waals surface area contributed by atoms with Crippen LogP contribution in [0.25, 0.3) is 5.76 Å². The number of fused-ring (bicyclic) bond motifs is 1. The summed E-state index contributed by atoms with van der Waals surface area (Å²) in [5, 5.41) is 11.4. The van der Waals surface area contributed by atoms with E-state index in [0.717, 1.165) is 12.0 Å². The molecular weight excluding hydrogens is 460 g/mol. The van der Waals surface area contributed by atoms with E-state index in [0.29, 0.717) is 48.2 Å². The molecular formula is C28H26N2O6. The van der Waals surface area contributed by atoms with E-state index in [2.05, 4.69) is 4.98 Å². The van der Waals surface area contributed by atoms with Gasteiger partial charge in [0.05, 0.1) is 18.2 Å². The van der Waals surface area contributed by atoms with Gasteiger partial charge in [-0.2, -0.15) is 0 Å². The van der Waals surface area contributed by atoms with Crippen LogP contribution in [0.4, 0.5) is 0 Å². The first-order valence-electron chi connectivity index (χ1n) is 11.9. The molecule has 2 aliphatic heterocycles. The Kier molecular flexibility index (Phi) is 6.58. The smallest absolute Gasteiger partial charge is 0.295 e. The van der Waals surface area contributed by atoms with Crippen molar-refractivity contribution in [1.82, 2.24) is 9.88 Å². The Labute approximate surface area is 208 Å². The van der Waals surface area contributed by atoms with Gasteiger partial charge >= 0.3 is 0 Å². The van der Waals surface area contributed by atoms with Gasteiger partial charge in [0.25, 0.3) is 11.7 Å². The quantitative estimate of drug-likeness (QED) is 0.303. The number of carbonyl (C=O) groups is 2. The number of aliphatic hydroxyl groups is 1. The van der Waals surface area contributed by atoms with Crippen LogP contribution >= 0.6 is 0 Å². The van der Waals surface area contributed by atoms with Gasteiger partial charge in [0.1, 0.15) is 24.7 Å². The van der Waals surface area contributed by atoms with E-state index < -0.39 is 17.7 Å². The van der Waals surface area contributed by atoms with Crippen molar-refractivity contribution in [3.05, 3.63) is 89.3 Å². The summed E-state index contributed by atoms with van der Waals surface area (Å²) in [6.07, 6.45) is 4.14. The molecule has 0 aliphatic carbocycles. The van der Waals surface area contributed by atoms with Crippen LogP contribution in [0.1, 0.15) is 36.1 Å². The number of rotatable bonds is 7. The van der Waals surface area contributed by atoms with Gasteiger partial charge in [-0.05, 0) is 53.9 Å². The standard InChI is InChI=1S/C28H26N2O6/c1-2-11-34-21-7-3-6-19(14-21)25-24(26(31)20-8-9-22-23(15-20)36-13-12-35-22)27(32)28(33)30(25)17-18-5-4-10-29-16-18/h3-10,14-16,25,31H,2,11-13,17H2,1H3/b26-24+/t25-/m1/s1. The highest BCUT2D eigenvalue weighted by Crippen LogP contribution is 2.42. The number of aromatic nitrogens is 1. The molecule has 8 heteroatoms. The summed E-state index contributed by atoms with van der Waals surface area (Å²) < 4.78 is 17.0. The summed E-state index contributed by atoms with van der Waals surface area (Å²) in [7, 11) is 0. The Bertz CT molecular complexity index is 1320.